The summed E-state index contributed by atoms with van der Waals surface area (Å²) in [6, 6.07) is 5.05. The Morgan fingerprint density at radius 3 is 2.71 bits per heavy atom. The van der Waals surface area contributed by atoms with Crippen molar-refractivity contribution in [1.29, 1.82) is 0 Å². The fraction of sp³-hybridized carbons (Fsp3) is 0.625. The summed E-state index contributed by atoms with van der Waals surface area (Å²) in [5.41, 5.74) is 7.19. The summed E-state index contributed by atoms with van der Waals surface area (Å²) in [7, 11) is 0. The molecule has 0 atom stereocenters. The molecule has 0 amide bonds. The minimum Gasteiger partial charge on any atom is -0.454 e. The molecule has 1 aliphatic carbocycles. The highest BCUT2D eigenvalue weighted by Gasteiger charge is 2.24. The third-order valence-corrected chi connectivity index (χ3v) is 4.82. The summed E-state index contributed by atoms with van der Waals surface area (Å²) in [6.07, 6.45) is 4.63. The van der Waals surface area contributed by atoms with Gasteiger partial charge in [-0.15, -0.1) is 0 Å². The number of halogens is 1. The fourth-order valence-corrected chi connectivity index (χ4v) is 3.60. The molecule has 0 spiro atoms. The largest absolute Gasteiger partial charge is 0.454 e. The summed E-state index contributed by atoms with van der Waals surface area (Å²) >= 11 is 6.27. The maximum absolute atomic E-state index is 6.27. The number of ether oxygens (including phenoxy) is 2. The van der Waals surface area contributed by atoms with Crippen molar-refractivity contribution in [2.24, 2.45) is 5.73 Å². The molecule has 0 aromatic heterocycles. The van der Waals surface area contributed by atoms with E-state index in [4.69, 9.17) is 26.8 Å². The lowest BCUT2D eigenvalue weighted by atomic mass is 9.90. The highest BCUT2D eigenvalue weighted by Crippen LogP contribution is 2.40. The lowest BCUT2D eigenvalue weighted by molar-refractivity contribution is 0.149. The van der Waals surface area contributed by atoms with Crippen LogP contribution < -0.4 is 15.2 Å². The van der Waals surface area contributed by atoms with Crippen molar-refractivity contribution in [2.75, 3.05) is 13.3 Å². The summed E-state index contributed by atoms with van der Waals surface area (Å²) in [5.74, 6) is 1.44. The molecule has 4 nitrogen and oxygen atoms in total. The smallest absolute Gasteiger partial charge is 0.231 e. The van der Waals surface area contributed by atoms with Crippen molar-refractivity contribution in [2.45, 2.75) is 51.2 Å². The predicted molar refractivity (Wildman–Crippen MR) is 83.9 cm³/mol. The van der Waals surface area contributed by atoms with Crippen molar-refractivity contribution in [3.8, 4) is 11.5 Å². The predicted octanol–water partition coefficient (Wildman–Crippen LogP) is 3.16. The van der Waals surface area contributed by atoms with Crippen molar-refractivity contribution in [3.05, 3.63) is 22.7 Å². The fourth-order valence-electron chi connectivity index (χ4n) is 3.31. The first kappa shape index (κ1) is 14.9. The molecule has 116 valence electrons. The van der Waals surface area contributed by atoms with Gasteiger partial charge in [0.05, 0.1) is 5.02 Å². The highest BCUT2D eigenvalue weighted by molar-refractivity contribution is 6.32. The van der Waals surface area contributed by atoms with Gasteiger partial charge in [-0.3, -0.25) is 4.90 Å². The molecular weight excluding hydrogens is 288 g/mol. The molecule has 1 aromatic rings. The normalized spacial score (nSPS) is 24.6. The quantitative estimate of drug-likeness (QED) is 0.928. The van der Waals surface area contributed by atoms with Crippen LogP contribution in [0.25, 0.3) is 0 Å². The van der Waals surface area contributed by atoms with Crippen LogP contribution in [0.2, 0.25) is 5.02 Å². The van der Waals surface area contributed by atoms with Crippen molar-refractivity contribution < 1.29 is 9.47 Å². The zero-order chi connectivity index (χ0) is 14.8. The number of hydrogen-bond donors (Lipinski definition) is 1. The third kappa shape index (κ3) is 3.28. The monoisotopic (exact) mass is 310 g/mol. The van der Waals surface area contributed by atoms with E-state index in [2.05, 4.69) is 11.8 Å². The van der Waals surface area contributed by atoms with Crippen molar-refractivity contribution in [3.63, 3.8) is 0 Å². The Hall–Kier alpha value is -0.970. The molecule has 1 fully saturated rings. The van der Waals surface area contributed by atoms with Gasteiger partial charge in [0, 0.05) is 18.6 Å². The van der Waals surface area contributed by atoms with Gasteiger partial charge >= 0.3 is 0 Å². The standard InChI is InChI=1S/C16H23ClN2O2/c1-2-19(13-5-3-12(18)4-6-13)9-11-7-14(17)16-15(8-11)20-10-21-16/h7-8,12-13H,2-6,9-10,18H2,1H3. The van der Waals surface area contributed by atoms with E-state index in [1.54, 1.807) is 0 Å². The Labute approximate surface area is 131 Å². The van der Waals surface area contributed by atoms with Crippen LogP contribution in [0.4, 0.5) is 0 Å². The van der Waals surface area contributed by atoms with Crippen LogP contribution in [0.3, 0.4) is 0 Å². The highest BCUT2D eigenvalue weighted by atomic mass is 35.5. The van der Waals surface area contributed by atoms with E-state index in [1.807, 2.05) is 12.1 Å². The van der Waals surface area contributed by atoms with E-state index >= 15 is 0 Å². The van der Waals surface area contributed by atoms with Gasteiger partial charge in [-0.2, -0.15) is 0 Å². The number of nitrogens with zero attached hydrogens (tertiary/aromatic N) is 1. The topological polar surface area (TPSA) is 47.7 Å². The Morgan fingerprint density at radius 2 is 2.00 bits per heavy atom. The van der Waals surface area contributed by atoms with E-state index in [-0.39, 0.29) is 6.79 Å². The average molecular weight is 311 g/mol. The molecule has 21 heavy (non-hydrogen) atoms. The Kier molecular flexibility index (Phi) is 4.57. The van der Waals surface area contributed by atoms with E-state index < -0.39 is 0 Å². The lowest BCUT2D eigenvalue weighted by Gasteiger charge is -2.35. The Morgan fingerprint density at radius 1 is 1.24 bits per heavy atom. The van der Waals surface area contributed by atoms with Crippen LogP contribution in [-0.2, 0) is 6.54 Å². The molecular formula is C16H23ClN2O2. The number of fused-ring (bicyclic) bond motifs is 1. The molecule has 2 aliphatic rings. The third-order valence-electron chi connectivity index (χ3n) is 4.54. The molecule has 5 heteroatoms. The van der Waals surface area contributed by atoms with Gasteiger partial charge in [-0.1, -0.05) is 18.5 Å². The van der Waals surface area contributed by atoms with Crippen molar-refractivity contribution in [1.82, 2.24) is 4.90 Å². The number of benzene rings is 1. The van der Waals surface area contributed by atoms with E-state index in [1.165, 1.54) is 18.4 Å². The molecule has 0 radical (unpaired) electrons. The molecule has 0 unspecified atom stereocenters. The number of nitrogens with two attached hydrogens (primary N) is 1. The molecule has 1 saturated carbocycles. The second-order valence-electron chi connectivity index (χ2n) is 5.94. The van der Waals surface area contributed by atoms with Crippen LogP contribution in [0.1, 0.15) is 38.2 Å². The van der Waals surface area contributed by atoms with E-state index in [9.17, 15) is 0 Å². The van der Waals surface area contributed by atoms with Gasteiger partial charge in [0.2, 0.25) is 6.79 Å². The van der Waals surface area contributed by atoms with Crippen LogP contribution in [0, 0.1) is 0 Å². The zero-order valence-electron chi connectivity index (χ0n) is 12.5. The van der Waals surface area contributed by atoms with Crippen molar-refractivity contribution >= 4 is 11.6 Å². The van der Waals surface area contributed by atoms with Crippen LogP contribution >= 0.6 is 11.6 Å². The average Bonchev–Trinajstić information content (AvgIpc) is 2.95. The SMILES string of the molecule is CCN(Cc1cc(Cl)c2c(c1)OCO2)C1CCC(N)CC1. The molecule has 0 saturated heterocycles. The Bertz CT molecular complexity index is 501. The van der Waals surface area contributed by atoms with Gasteiger partial charge in [-0.25, -0.2) is 0 Å². The summed E-state index contributed by atoms with van der Waals surface area (Å²) in [4.78, 5) is 2.51. The molecule has 1 aliphatic heterocycles. The first-order chi connectivity index (χ1) is 10.2. The molecule has 1 aromatic carbocycles. The maximum atomic E-state index is 6.27. The second kappa shape index (κ2) is 6.42. The molecule has 1 heterocycles. The summed E-state index contributed by atoms with van der Waals surface area (Å²) in [6.45, 7) is 4.40. The van der Waals surface area contributed by atoms with Gasteiger partial charge in [-0.05, 0) is 49.9 Å². The van der Waals surface area contributed by atoms with Crippen LogP contribution in [0.5, 0.6) is 11.5 Å². The maximum Gasteiger partial charge on any atom is 0.231 e. The van der Waals surface area contributed by atoms with E-state index in [0.29, 0.717) is 22.9 Å². The zero-order valence-corrected chi connectivity index (χ0v) is 13.2. The summed E-state index contributed by atoms with van der Waals surface area (Å²) < 4.78 is 10.8. The second-order valence-corrected chi connectivity index (χ2v) is 6.35. The lowest BCUT2D eigenvalue weighted by Crippen LogP contribution is -2.40. The molecule has 3 rings (SSSR count). The van der Waals surface area contributed by atoms with Crippen LogP contribution in [0.15, 0.2) is 12.1 Å². The molecule has 0 bridgehead atoms. The summed E-state index contributed by atoms with van der Waals surface area (Å²) in [5, 5.41) is 0.640. The van der Waals surface area contributed by atoms with Gasteiger partial charge in [0.15, 0.2) is 11.5 Å². The first-order valence-electron chi connectivity index (χ1n) is 7.75. The number of rotatable bonds is 4. The number of hydrogen-bond acceptors (Lipinski definition) is 4. The minimum absolute atomic E-state index is 0.260. The molecule has 2 N–H and O–H groups in total. The van der Waals surface area contributed by atoms with Gasteiger partial charge in [0.1, 0.15) is 0 Å². The van der Waals surface area contributed by atoms with E-state index in [0.717, 1.165) is 31.7 Å². The van der Waals surface area contributed by atoms with Gasteiger partial charge < -0.3 is 15.2 Å². The minimum atomic E-state index is 0.260. The van der Waals surface area contributed by atoms with Gasteiger partial charge in [0.25, 0.3) is 0 Å². The van der Waals surface area contributed by atoms with Crippen LogP contribution in [-0.4, -0.2) is 30.3 Å². The Balaban J connectivity index is 1.71. The first-order valence-corrected chi connectivity index (χ1v) is 8.12.